The molecule has 3 aromatic carbocycles. The van der Waals surface area contributed by atoms with Crippen LogP contribution in [0.25, 0.3) is 0 Å². The van der Waals surface area contributed by atoms with Gasteiger partial charge in [0, 0.05) is 25.5 Å². The van der Waals surface area contributed by atoms with Crippen molar-refractivity contribution in [3.05, 3.63) is 126 Å². The van der Waals surface area contributed by atoms with Gasteiger partial charge in [0.05, 0.1) is 16.5 Å². The Hall–Kier alpha value is -5.36. The number of hydrogen-bond acceptors (Lipinski definition) is 8. The molecule has 1 heterocycles. The summed E-state index contributed by atoms with van der Waals surface area (Å²) in [6.07, 6.45) is 0.449. The van der Waals surface area contributed by atoms with Gasteiger partial charge in [-0.2, -0.15) is 0 Å². The molecule has 47 heavy (non-hydrogen) atoms. The van der Waals surface area contributed by atoms with Crippen molar-refractivity contribution >= 4 is 39.4 Å². The maximum Gasteiger partial charge on any atom is 0.326 e. The summed E-state index contributed by atoms with van der Waals surface area (Å²) < 4.78 is 32.1. The molecule has 0 aliphatic carbocycles. The zero-order valence-electron chi connectivity index (χ0n) is 25.4. The van der Waals surface area contributed by atoms with E-state index in [0.717, 1.165) is 15.1 Å². The number of carboxylic acid groups (broad SMARTS) is 1. The third kappa shape index (κ3) is 9.81. The summed E-state index contributed by atoms with van der Waals surface area (Å²) in [6, 6.07) is 27.3. The number of aliphatic carboxylic acids is 1. The number of ether oxygens (including phenoxy) is 1. The maximum absolute atomic E-state index is 13.0. The van der Waals surface area contributed by atoms with E-state index in [1.165, 1.54) is 30.5 Å². The first kappa shape index (κ1) is 34.5. The molecule has 0 spiro atoms. The van der Waals surface area contributed by atoms with E-state index in [4.69, 9.17) is 4.74 Å². The van der Waals surface area contributed by atoms with Crippen LogP contribution < -0.4 is 5.32 Å². The van der Waals surface area contributed by atoms with Crippen molar-refractivity contribution in [2.24, 2.45) is 5.92 Å². The molecular weight excluding hydrogens is 624 g/mol. The van der Waals surface area contributed by atoms with Crippen molar-refractivity contribution in [1.82, 2.24) is 9.29 Å². The Morgan fingerprint density at radius 2 is 1.30 bits per heavy atom. The number of aromatic nitrogens is 1. The van der Waals surface area contributed by atoms with Crippen LogP contribution in [0.1, 0.15) is 40.9 Å². The van der Waals surface area contributed by atoms with Crippen molar-refractivity contribution in [2.75, 3.05) is 6.61 Å². The first-order valence-electron chi connectivity index (χ1n) is 14.8. The van der Waals surface area contributed by atoms with Crippen LogP contribution >= 0.6 is 0 Å². The molecule has 0 saturated carbocycles. The van der Waals surface area contributed by atoms with Gasteiger partial charge in [-0.05, 0) is 48.2 Å². The van der Waals surface area contributed by atoms with E-state index < -0.39 is 77.3 Å². The predicted octanol–water partition coefficient (Wildman–Crippen LogP) is 3.86. The van der Waals surface area contributed by atoms with Crippen molar-refractivity contribution in [3.8, 4) is 0 Å². The van der Waals surface area contributed by atoms with Gasteiger partial charge >= 0.3 is 11.9 Å². The lowest BCUT2D eigenvalue weighted by Crippen LogP contribution is -2.43. The highest BCUT2D eigenvalue weighted by atomic mass is 32.2. The number of nitrogens with zero attached hydrogens (tertiary/aromatic N) is 1. The fraction of sp³-hybridized carbons (Fsp3) is 0.229. The lowest BCUT2D eigenvalue weighted by molar-refractivity contribution is -0.152. The molecule has 244 valence electrons. The molecule has 1 atom stereocenters. The summed E-state index contributed by atoms with van der Waals surface area (Å²) in [5, 5.41) is 11.8. The lowest BCUT2D eigenvalue weighted by Gasteiger charge is -2.17. The monoisotopic (exact) mass is 658 g/mol. The Bertz CT molecular complexity index is 1760. The highest BCUT2D eigenvalue weighted by Gasteiger charge is 2.27. The highest BCUT2D eigenvalue weighted by molar-refractivity contribution is 7.90. The molecule has 1 aromatic heterocycles. The van der Waals surface area contributed by atoms with Crippen LogP contribution in [0.5, 0.6) is 0 Å². The van der Waals surface area contributed by atoms with Gasteiger partial charge in [0.2, 0.25) is 5.91 Å². The Labute approximate surface area is 272 Å². The average Bonchev–Trinajstić information content (AvgIpc) is 3.58. The van der Waals surface area contributed by atoms with E-state index in [-0.39, 0.29) is 10.6 Å². The number of esters is 1. The molecule has 0 radical (unpaired) electrons. The lowest BCUT2D eigenvalue weighted by atomic mass is 9.92. The SMILES string of the molecule is O=C(COC(=O)C(Cc1ccccc1)Cc1ccccc1)CC(NC(=O)CCC(=O)c1cccn1S(=O)(=O)c1ccccc1)C(=O)O. The minimum Gasteiger partial charge on any atom is -0.480 e. The number of hydrogen-bond donors (Lipinski definition) is 2. The molecule has 0 bridgehead atoms. The van der Waals surface area contributed by atoms with Gasteiger partial charge in [0.1, 0.15) is 12.6 Å². The van der Waals surface area contributed by atoms with E-state index in [1.807, 2.05) is 60.7 Å². The standard InChI is InChI=1S/C35H34N2O9S/c38-28(24-46-35(43)27(21-25-11-4-1-5-12-25)22-26-13-6-2-7-14-26)23-30(34(41)42)36-33(40)19-18-32(39)31-17-10-20-37(31)47(44,45)29-15-8-3-9-16-29/h1-17,20,27,30H,18-19,21-24H2,(H,36,40)(H,41,42). The van der Waals surface area contributed by atoms with Crippen LogP contribution in [-0.2, 0) is 46.8 Å². The minimum atomic E-state index is -4.06. The van der Waals surface area contributed by atoms with Crippen molar-refractivity contribution in [3.63, 3.8) is 0 Å². The second-order valence-electron chi connectivity index (χ2n) is 10.8. The number of rotatable bonds is 17. The number of ketones is 2. The Morgan fingerprint density at radius 1 is 0.745 bits per heavy atom. The number of Topliss-reactive ketones (excluding diaryl/α,β-unsaturated/α-hetero) is 2. The summed E-state index contributed by atoms with van der Waals surface area (Å²) in [5.74, 6) is -4.89. The minimum absolute atomic E-state index is 0.0226. The maximum atomic E-state index is 13.0. The van der Waals surface area contributed by atoms with Gasteiger partial charge < -0.3 is 15.2 Å². The average molecular weight is 659 g/mol. The Balaban J connectivity index is 1.30. The summed E-state index contributed by atoms with van der Waals surface area (Å²) >= 11 is 0. The number of carboxylic acids is 1. The van der Waals surface area contributed by atoms with Crippen LogP contribution in [-0.4, -0.2) is 59.6 Å². The first-order chi connectivity index (χ1) is 22.5. The zero-order valence-corrected chi connectivity index (χ0v) is 26.2. The fourth-order valence-electron chi connectivity index (χ4n) is 4.91. The molecule has 12 heteroatoms. The van der Waals surface area contributed by atoms with Gasteiger partial charge in [-0.3, -0.25) is 19.2 Å². The van der Waals surface area contributed by atoms with Gasteiger partial charge in [-0.25, -0.2) is 17.2 Å². The smallest absolute Gasteiger partial charge is 0.326 e. The van der Waals surface area contributed by atoms with Crippen LogP contribution in [0.4, 0.5) is 0 Å². The molecule has 11 nitrogen and oxygen atoms in total. The van der Waals surface area contributed by atoms with Gasteiger partial charge in [-0.1, -0.05) is 78.9 Å². The summed E-state index contributed by atoms with van der Waals surface area (Å²) in [7, 11) is -4.06. The van der Waals surface area contributed by atoms with Crippen molar-refractivity contribution in [2.45, 2.75) is 43.0 Å². The number of carbonyl (C=O) groups excluding carboxylic acids is 4. The van der Waals surface area contributed by atoms with Crippen LogP contribution in [0.3, 0.4) is 0 Å². The van der Waals surface area contributed by atoms with Crippen molar-refractivity contribution < 1.29 is 42.2 Å². The quantitative estimate of drug-likeness (QED) is 0.127. The topological polar surface area (TPSA) is 166 Å². The zero-order chi connectivity index (χ0) is 33.8. The fourth-order valence-corrected chi connectivity index (χ4v) is 6.29. The Morgan fingerprint density at radius 3 is 1.85 bits per heavy atom. The summed E-state index contributed by atoms with van der Waals surface area (Å²) in [6.45, 7) is -0.677. The molecule has 0 aliphatic heterocycles. The van der Waals surface area contributed by atoms with Gasteiger partial charge in [0.25, 0.3) is 10.0 Å². The third-order valence-corrected chi connectivity index (χ3v) is 9.01. The molecule has 1 unspecified atom stereocenters. The third-order valence-electron chi connectivity index (χ3n) is 7.30. The Kier molecular flexibility index (Phi) is 12.0. The largest absolute Gasteiger partial charge is 0.480 e. The van der Waals surface area contributed by atoms with Gasteiger partial charge in [0.15, 0.2) is 11.6 Å². The van der Waals surface area contributed by atoms with E-state index in [9.17, 15) is 37.5 Å². The summed E-state index contributed by atoms with van der Waals surface area (Å²) in [4.78, 5) is 62.9. The van der Waals surface area contributed by atoms with Crippen LogP contribution in [0, 0.1) is 5.92 Å². The van der Waals surface area contributed by atoms with Gasteiger partial charge in [-0.15, -0.1) is 0 Å². The number of nitrogens with one attached hydrogen (secondary N) is 1. The molecule has 0 aliphatic rings. The normalized spacial score (nSPS) is 11.9. The second-order valence-corrected chi connectivity index (χ2v) is 12.6. The first-order valence-corrected chi connectivity index (χ1v) is 16.3. The summed E-state index contributed by atoms with van der Waals surface area (Å²) in [5.41, 5.74) is 1.66. The molecule has 0 saturated heterocycles. The predicted molar refractivity (Wildman–Crippen MR) is 171 cm³/mol. The van der Waals surface area contributed by atoms with E-state index in [0.29, 0.717) is 12.8 Å². The number of benzene rings is 3. The van der Waals surface area contributed by atoms with Crippen LogP contribution in [0.15, 0.2) is 114 Å². The molecule has 4 rings (SSSR count). The molecule has 4 aromatic rings. The van der Waals surface area contributed by atoms with E-state index >= 15 is 0 Å². The van der Waals surface area contributed by atoms with E-state index in [2.05, 4.69) is 5.32 Å². The van der Waals surface area contributed by atoms with E-state index in [1.54, 1.807) is 18.2 Å². The molecule has 1 amide bonds. The molecular formula is C35H34N2O9S. The van der Waals surface area contributed by atoms with Crippen LogP contribution in [0.2, 0.25) is 0 Å². The highest BCUT2D eigenvalue weighted by Crippen LogP contribution is 2.19. The van der Waals surface area contributed by atoms with Crippen molar-refractivity contribution in [1.29, 1.82) is 0 Å². The molecule has 0 fully saturated rings. The number of carbonyl (C=O) groups is 5. The second kappa shape index (κ2) is 16.3. The number of amides is 1. The molecule has 2 N–H and O–H groups in total.